The SMILES string of the molecule is CCC(C)CCCC(C)CCCC(C)(CSNC(=O)c1ccccc1O)CC1CCN(Cc2ccccc2)CC1. The van der Waals surface area contributed by atoms with Crippen molar-refractivity contribution in [2.45, 2.75) is 98.4 Å². The third kappa shape index (κ3) is 11.5. The summed E-state index contributed by atoms with van der Waals surface area (Å²) in [6.07, 6.45) is 12.8. The van der Waals surface area contributed by atoms with E-state index in [-0.39, 0.29) is 17.1 Å². The van der Waals surface area contributed by atoms with E-state index in [2.05, 4.69) is 67.6 Å². The second-order valence-corrected chi connectivity index (χ2v) is 13.7. The van der Waals surface area contributed by atoms with Crippen molar-refractivity contribution < 1.29 is 9.90 Å². The Labute approximate surface area is 248 Å². The maximum atomic E-state index is 12.7. The Hall–Kier alpha value is -1.98. The molecule has 0 bridgehead atoms. The first kappa shape index (κ1) is 32.5. The molecule has 1 fully saturated rings. The summed E-state index contributed by atoms with van der Waals surface area (Å²) in [4.78, 5) is 15.3. The van der Waals surface area contributed by atoms with Crippen LogP contribution in [-0.4, -0.2) is 34.8 Å². The van der Waals surface area contributed by atoms with Gasteiger partial charge in [-0.1, -0.05) is 109 Å². The first-order valence-electron chi connectivity index (χ1n) is 15.7. The Morgan fingerprint density at radius 2 is 1.65 bits per heavy atom. The number of phenolic OH excluding ortho intramolecular Hbond substituents is 1. The van der Waals surface area contributed by atoms with Crippen molar-refractivity contribution in [2.24, 2.45) is 23.2 Å². The number of para-hydroxylation sites is 1. The number of phenols is 1. The molecular formula is C35H54N2O2S. The van der Waals surface area contributed by atoms with Crippen LogP contribution in [0.1, 0.15) is 108 Å². The van der Waals surface area contributed by atoms with Gasteiger partial charge in [0.15, 0.2) is 0 Å². The van der Waals surface area contributed by atoms with Gasteiger partial charge in [-0.25, -0.2) is 0 Å². The van der Waals surface area contributed by atoms with Crippen LogP contribution < -0.4 is 4.72 Å². The molecule has 0 saturated carbocycles. The smallest absolute Gasteiger partial charge is 0.264 e. The van der Waals surface area contributed by atoms with E-state index in [4.69, 9.17) is 0 Å². The van der Waals surface area contributed by atoms with Crippen molar-refractivity contribution in [3.8, 4) is 5.75 Å². The summed E-state index contributed by atoms with van der Waals surface area (Å²) in [5.74, 6) is 3.09. The Kier molecular flexibility index (Phi) is 13.9. The number of carbonyl (C=O) groups is 1. The van der Waals surface area contributed by atoms with Crippen LogP contribution >= 0.6 is 11.9 Å². The number of carbonyl (C=O) groups excluding carboxylic acids is 1. The molecule has 1 aliphatic heterocycles. The highest BCUT2D eigenvalue weighted by atomic mass is 32.2. The van der Waals surface area contributed by atoms with Crippen molar-refractivity contribution in [2.75, 3.05) is 18.8 Å². The number of nitrogens with zero attached hydrogens (tertiary/aromatic N) is 1. The summed E-state index contributed by atoms with van der Waals surface area (Å²) in [7, 11) is 0. The summed E-state index contributed by atoms with van der Waals surface area (Å²) in [6.45, 7) is 12.9. The lowest BCUT2D eigenvalue weighted by Gasteiger charge is -2.38. The highest BCUT2D eigenvalue weighted by molar-refractivity contribution is 7.97. The highest BCUT2D eigenvalue weighted by Crippen LogP contribution is 2.39. The van der Waals surface area contributed by atoms with Crippen LogP contribution in [0, 0.1) is 23.2 Å². The normalized spacial score (nSPS) is 17.7. The highest BCUT2D eigenvalue weighted by Gasteiger charge is 2.31. The summed E-state index contributed by atoms with van der Waals surface area (Å²) >= 11 is 1.52. The van der Waals surface area contributed by atoms with E-state index in [1.54, 1.807) is 24.3 Å². The molecule has 1 heterocycles. The zero-order chi connectivity index (χ0) is 28.8. The van der Waals surface area contributed by atoms with Crippen LogP contribution in [0.5, 0.6) is 5.75 Å². The Balaban J connectivity index is 1.50. The largest absolute Gasteiger partial charge is 0.507 e. The third-order valence-electron chi connectivity index (χ3n) is 9.04. The van der Waals surface area contributed by atoms with E-state index in [1.165, 1.54) is 94.8 Å². The van der Waals surface area contributed by atoms with Crippen LogP contribution in [-0.2, 0) is 6.54 Å². The third-order valence-corrected chi connectivity index (χ3v) is 10.2. The van der Waals surface area contributed by atoms with Gasteiger partial charge in [-0.15, -0.1) is 0 Å². The molecule has 2 N–H and O–H groups in total. The molecule has 0 radical (unpaired) electrons. The topological polar surface area (TPSA) is 52.6 Å². The fourth-order valence-corrected chi connectivity index (χ4v) is 7.08. The van der Waals surface area contributed by atoms with Gasteiger partial charge in [0.2, 0.25) is 0 Å². The van der Waals surface area contributed by atoms with Gasteiger partial charge in [0.1, 0.15) is 5.75 Å². The van der Waals surface area contributed by atoms with Crippen molar-refractivity contribution >= 4 is 17.9 Å². The van der Waals surface area contributed by atoms with Crippen LogP contribution in [0.2, 0.25) is 0 Å². The number of nitrogens with one attached hydrogen (secondary N) is 1. The van der Waals surface area contributed by atoms with Crippen LogP contribution in [0.4, 0.5) is 0 Å². The minimum Gasteiger partial charge on any atom is -0.507 e. The lowest BCUT2D eigenvalue weighted by atomic mass is 9.75. The molecular weight excluding hydrogens is 512 g/mol. The van der Waals surface area contributed by atoms with Crippen LogP contribution in [0.15, 0.2) is 54.6 Å². The maximum Gasteiger partial charge on any atom is 0.264 e. The predicted octanol–water partition coefficient (Wildman–Crippen LogP) is 9.10. The molecule has 2 aromatic rings. The van der Waals surface area contributed by atoms with Gasteiger partial charge in [0, 0.05) is 12.3 Å². The van der Waals surface area contributed by atoms with E-state index < -0.39 is 0 Å². The molecule has 4 nitrogen and oxygen atoms in total. The zero-order valence-electron chi connectivity index (χ0n) is 25.5. The quantitative estimate of drug-likeness (QED) is 0.188. The van der Waals surface area contributed by atoms with E-state index in [9.17, 15) is 9.90 Å². The Morgan fingerprint density at radius 3 is 2.35 bits per heavy atom. The Morgan fingerprint density at radius 1 is 1.00 bits per heavy atom. The van der Waals surface area contributed by atoms with E-state index in [0.717, 1.165) is 30.1 Å². The molecule has 0 spiro atoms. The van der Waals surface area contributed by atoms with Crippen LogP contribution in [0.3, 0.4) is 0 Å². The molecule has 0 aromatic heterocycles. The molecule has 2 aromatic carbocycles. The van der Waals surface area contributed by atoms with Crippen molar-refractivity contribution in [3.05, 3.63) is 65.7 Å². The monoisotopic (exact) mass is 566 g/mol. The first-order valence-corrected chi connectivity index (χ1v) is 16.7. The second-order valence-electron chi connectivity index (χ2n) is 12.9. The number of hydrogen-bond acceptors (Lipinski definition) is 4. The molecule has 222 valence electrons. The molecule has 5 heteroatoms. The summed E-state index contributed by atoms with van der Waals surface area (Å²) in [5, 5.41) is 10.1. The van der Waals surface area contributed by atoms with Crippen LogP contribution in [0.25, 0.3) is 0 Å². The average Bonchev–Trinajstić information content (AvgIpc) is 2.94. The van der Waals surface area contributed by atoms with Gasteiger partial charge in [-0.05, 0) is 91.6 Å². The molecule has 0 aliphatic carbocycles. The molecule has 1 saturated heterocycles. The number of aromatic hydroxyl groups is 1. The second kappa shape index (κ2) is 17.1. The predicted molar refractivity (Wildman–Crippen MR) is 172 cm³/mol. The number of hydrogen-bond donors (Lipinski definition) is 2. The molecule has 1 aliphatic rings. The van der Waals surface area contributed by atoms with Gasteiger partial charge >= 0.3 is 0 Å². The summed E-state index contributed by atoms with van der Waals surface area (Å²) < 4.78 is 3.02. The van der Waals surface area contributed by atoms with Crippen molar-refractivity contribution in [1.82, 2.24) is 9.62 Å². The molecule has 3 rings (SSSR count). The number of rotatable bonds is 17. The Bertz CT molecular complexity index is 992. The summed E-state index contributed by atoms with van der Waals surface area (Å²) in [6, 6.07) is 17.6. The van der Waals surface area contributed by atoms with Gasteiger partial charge in [-0.3, -0.25) is 14.4 Å². The number of amides is 1. The lowest BCUT2D eigenvalue weighted by Crippen LogP contribution is -2.36. The minimum absolute atomic E-state index is 0.0351. The average molecular weight is 567 g/mol. The molecule has 1 amide bonds. The fraction of sp³-hybridized carbons (Fsp3) is 0.629. The van der Waals surface area contributed by atoms with Gasteiger partial charge in [0.05, 0.1) is 5.56 Å². The number of piperidine rings is 1. The van der Waals surface area contributed by atoms with Gasteiger partial charge in [0.25, 0.3) is 5.91 Å². The van der Waals surface area contributed by atoms with Gasteiger partial charge in [-0.2, -0.15) is 0 Å². The number of benzene rings is 2. The first-order chi connectivity index (χ1) is 19.3. The molecule has 3 atom stereocenters. The molecule has 40 heavy (non-hydrogen) atoms. The van der Waals surface area contributed by atoms with E-state index >= 15 is 0 Å². The van der Waals surface area contributed by atoms with Crippen molar-refractivity contribution in [3.63, 3.8) is 0 Å². The van der Waals surface area contributed by atoms with E-state index in [1.807, 2.05) is 0 Å². The van der Waals surface area contributed by atoms with Crippen molar-refractivity contribution in [1.29, 1.82) is 0 Å². The fourth-order valence-electron chi connectivity index (χ4n) is 6.16. The minimum atomic E-state index is -0.213. The number of likely N-dealkylation sites (tertiary alicyclic amines) is 1. The summed E-state index contributed by atoms with van der Waals surface area (Å²) in [5.41, 5.74) is 1.92. The molecule has 3 unspecified atom stereocenters. The lowest BCUT2D eigenvalue weighted by molar-refractivity contribution is 0.0981. The van der Waals surface area contributed by atoms with Gasteiger partial charge < -0.3 is 5.11 Å². The van der Waals surface area contributed by atoms with E-state index in [0.29, 0.717) is 5.56 Å². The zero-order valence-corrected chi connectivity index (χ0v) is 26.4. The maximum absolute atomic E-state index is 12.7. The standard InChI is InChI=1S/C35H54N2O2S/c1-5-28(2)13-11-14-29(3)15-12-22-35(4,27-40-36-34(39)32-18-9-10-19-33(32)38)25-30-20-23-37(24-21-30)26-31-16-7-6-8-17-31/h6-10,16-19,28-30,38H,5,11-15,20-27H2,1-4H3,(H,36,39).